The Morgan fingerprint density at radius 2 is 2.38 bits per heavy atom. The summed E-state index contributed by atoms with van der Waals surface area (Å²) in [5, 5.41) is 2.50. The van der Waals surface area contributed by atoms with Gasteiger partial charge in [-0.1, -0.05) is 0 Å². The predicted molar refractivity (Wildman–Crippen MR) is 54.2 cm³/mol. The van der Waals surface area contributed by atoms with Crippen molar-refractivity contribution in [2.45, 2.75) is 0 Å². The van der Waals surface area contributed by atoms with Crippen molar-refractivity contribution in [1.29, 1.82) is 0 Å². The fourth-order valence-electron chi connectivity index (χ4n) is 0.929. The molecule has 0 saturated heterocycles. The summed E-state index contributed by atoms with van der Waals surface area (Å²) in [6, 6.07) is 1.88. The lowest BCUT2D eigenvalue weighted by atomic mass is 10.3. The van der Waals surface area contributed by atoms with Crippen LogP contribution in [-0.2, 0) is 0 Å². The molecule has 4 heteroatoms. The molecule has 0 aromatic carbocycles. The fraction of sp³-hybridized carbons (Fsp3) is 0. The van der Waals surface area contributed by atoms with E-state index < -0.39 is 0 Å². The highest BCUT2D eigenvalue weighted by Crippen LogP contribution is 2.13. The lowest BCUT2D eigenvalue weighted by Gasteiger charge is -1.81. The Morgan fingerprint density at radius 1 is 1.46 bits per heavy atom. The van der Waals surface area contributed by atoms with E-state index in [1.807, 2.05) is 23.6 Å². The number of nitrogens with two attached hydrogens (primary N) is 1. The maximum absolute atomic E-state index is 5.48. The van der Waals surface area contributed by atoms with Gasteiger partial charge in [-0.3, -0.25) is 0 Å². The van der Waals surface area contributed by atoms with E-state index in [0.717, 1.165) is 11.3 Å². The van der Waals surface area contributed by atoms with Crippen molar-refractivity contribution in [3.8, 4) is 0 Å². The van der Waals surface area contributed by atoms with Gasteiger partial charge in [0.2, 0.25) is 0 Å². The number of furan rings is 1. The second kappa shape index (κ2) is 3.45. The van der Waals surface area contributed by atoms with Crippen LogP contribution in [0.25, 0.3) is 12.2 Å². The quantitative estimate of drug-likeness (QED) is 0.795. The molecule has 0 aliphatic rings. The Morgan fingerprint density at radius 3 is 3.00 bits per heavy atom. The molecule has 0 amide bonds. The minimum Gasteiger partial charge on any atom is -0.472 e. The SMILES string of the molecule is Nc1nc(C=Cc2ccoc2)cs1. The summed E-state index contributed by atoms with van der Waals surface area (Å²) >= 11 is 1.43. The van der Waals surface area contributed by atoms with Crippen LogP contribution in [0.2, 0.25) is 0 Å². The molecule has 0 radical (unpaired) electrons. The van der Waals surface area contributed by atoms with Crippen LogP contribution < -0.4 is 5.73 Å². The predicted octanol–water partition coefficient (Wildman–Crippen LogP) is 2.49. The van der Waals surface area contributed by atoms with E-state index in [0.29, 0.717) is 5.13 Å². The standard InChI is InChI=1S/C9H8N2OS/c10-9-11-8(6-13-9)2-1-7-3-4-12-5-7/h1-6H,(H2,10,11). The highest BCUT2D eigenvalue weighted by molar-refractivity contribution is 7.13. The van der Waals surface area contributed by atoms with Crippen molar-refractivity contribution in [3.63, 3.8) is 0 Å². The van der Waals surface area contributed by atoms with E-state index in [-0.39, 0.29) is 0 Å². The van der Waals surface area contributed by atoms with Gasteiger partial charge in [-0.2, -0.15) is 0 Å². The van der Waals surface area contributed by atoms with Crippen LogP contribution in [0.15, 0.2) is 28.4 Å². The first kappa shape index (κ1) is 8.07. The van der Waals surface area contributed by atoms with Gasteiger partial charge in [-0.05, 0) is 18.2 Å². The molecule has 13 heavy (non-hydrogen) atoms. The minimum absolute atomic E-state index is 0.590. The number of aromatic nitrogens is 1. The van der Waals surface area contributed by atoms with Crippen LogP contribution in [0.1, 0.15) is 11.3 Å². The molecule has 0 aliphatic heterocycles. The van der Waals surface area contributed by atoms with Crippen molar-refractivity contribution < 1.29 is 4.42 Å². The van der Waals surface area contributed by atoms with Gasteiger partial charge in [0.1, 0.15) is 0 Å². The Balaban J connectivity index is 2.14. The molecule has 0 saturated carbocycles. The van der Waals surface area contributed by atoms with Crippen LogP contribution in [0.5, 0.6) is 0 Å². The summed E-state index contributed by atoms with van der Waals surface area (Å²) < 4.78 is 4.91. The molecule has 0 unspecified atom stereocenters. The monoisotopic (exact) mass is 192 g/mol. The molecule has 2 N–H and O–H groups in total. The average Bonchev–Trinajstić information content (AvgIpc) is 2.71. The van der Waals surface area contributed by atoms with Gasteiger partial charge in [-0.25, -0.2) is 4.98 Å². The molecule has 0 spiro atoms. The molecular weight excluding hydrogens is 184 g/mol. The van der Waals surface area contributed by atoms with Gasteiger partial charge < -0.3 is 10.2 Å². The zero-order valence-electron chi connectivity index (χ0n) is 6.81. The second-order valence-electron chi connectivity index (χ2n) is 2.50. The van der Waals surface area contributed by atoms with Gasteiger partial charge in [0.25, 0.3) is 0 Å². The van der Waals surface area contributed by atoms with Crippen LogP contribution in [0, 0.1) is 0 Å². The van der Waals surface area contributed by atoms with Crippen molar-refractivity contribution in [1.82, 2.24) is 4.98 Å². The number of hydrogen-bond acceptors (Lipinski definition) is 4. The third-order valence-electron chi connectivity index (χ3n) is 1.53. The first-order chi connectivity index (χ1) is 6.34. The van der Waals surface area contributed by atoms with E-state index in [1.165, 1.54) is 11.3 Å². The third kappa shape index (κ3) is 1.97. The number of anilines is 1. The lowest BCUT2D eigenvalue weighted by molar-refractivity contribution is 0.567. The zero-order chi connectivity index (χ0) is 9.10. The van der Waals surface area contributed by atoms with Crippen LogP contribution in [-0.4, -0.2) is 4.98 Å². The molecule has 0 bridgehead atoms. The summed E-state index contributed by atoms with van der Waals surface area (Å²) in [4.78, 5) is 4.09. The average molecular weight is 192 g/mol. The van der Waals surface area contributed by atoms with E-state index in [1.54, 1.807) is 12.5 Å². The van der Waals surface area contributed by atoms with Crippen molar-refractivity contribution in [2.24, 2.45) is 0 Å². The molecule has 2 rings (SSSR count). The van der Waals surface area contributed by atoms with Crippen LogP contribution in [0.3, 0.4) is 0 Å². The molecule has 66 valence electrons. The summed E-state index contributed by atoms with van der Waals surface area (Å²) in [6.45, 7) is 0. The topological polar surface area (TPSA) is 52.0 Å². The lowest BCUT2D eigenvalue weighted by Crippen LogP contribution is -1.80. The normalized spacial score (nSPS) is 11.1. The van der Waals surface area contributed by atoms with Crippen LogP contribution >= 0.6 is 11.3 Å². The molecule has 3 nitrogen and oxygen atoms in total. The number of thiazole rings is 1. The molecular formula is C9H8N2OS. The highest BCUT2D eigenvalue weighted by Gasteiger charge is 1.93. The van der Waals surface area contributed by atoms with Crippen molar-refractivity contribution in [2.75, 3.05) is 5.73 Å². The first-order valence-corrected chi connectivity index (χ1v) is 4.64. The van der Waals surface area contributed by atoms with E-state index in [4.69, 9.17) is 10.2 Å². The largest absolute Gasteiger partial charge is 0.472 e. The molecule has 0 fully saturated rings. The number of rotatable bonds is 2. The van der Waals surface area contributed by atoms with Crippen molar-refractivity contribution in [3.05, 3.63) is 35.2 Å². The molecule has 0 aliphatic carbocycles. The Bertz CT molecular complexity index is 403. The van der Waals surface area contributed by atoms with Gasteiger partial charge in [0.15, 0.2) is 5.13 Å². The van der Waals surface area contributed by atoms with Crippen molar-refractivity contribution >= 4 is 28.6 Å². The Labute approximate surface area is 79.5 Å². The first-order valence-electron chi connectivity index (χ1n) is 3.76. The van der Waals surface area contributed by atoms with E-state index in [2.05, 4.69) is 4.98 Å². The number of hydrogen-bond donors (Lipinski definition) is 1. The Kier molecular flexibility index (Phi) is 2.14. The second-order valence-corrected chi connectivity index (χ2v) is 3.39. The van der Waals surface area contributed by atoms with Gasteiger partial charge in [0, 0.05) is 10.9 Å². The van der Waals surface area contributed by atoms with Gasteiger partial charge in [-0.15, -0.1) is 11.3 Å². The third-order valence-corrected chi connectivity index (χ3v) is 2.22. The maximum atomic E-state index is 5.48. The minimum atomic E-state index is 0.590. The van der Waals surface area contributed by atoms with E-state index >= 15 is 0 Å². The molecule has 0 atom stereocenters. The number of nitrogen functional groups attached to an aromatic ring is 1. The molecule has 2 aromatic heterocycles. The highest BCUT2D eigenvalue weighted by atomic mass is 32.1. The Hall–Kier alpha value is -1.55. The van der Waals surface area contributed by atoms with E-state index in [9.17, 15) is 0 Å². The summed E-state index contributed by atoms with van der Waals surface area (Å²) in [6.07, 6.45) is 7.14. The maximum Gasteiger partial charge on any atom is 0.180 e. The van der Waals surface area contributed by atoms with Crippen LogP contribution in [0.4, 0.5) is 5.13 Å². The molecule has 2 aromatic rings. The molecule has 2 heterocycles. The summed E-state index contributed by atoms with van der Waals surface area (Å²) in [7, 11) is 0. The summed E-state index contributed by atoms with van der Waals surface area (Å²) in [5.74, 6) is 0. The number of nitrogens with zero attached hydrogens (tertiary/aromatic N) is 1. The summed E-state index contributed by atoms with van der Waals surface area (Å²) in [5.41, 5.74) is 7.38. The zero-order valence-corrected chi connectivity index (χ0v) is 7.62. The smallest absolute Gasteiger partial charge is 0.180 e. The fourth-order valence-corrected chi connectivity index (χ4v) is 1.46. The van der Waals surface area contributed by atoms with Gasteiger partial charge >= 0.3 is 0 Å². The van der Waals surface area contributed by atoms with Gasteiger partial charge in [0.05, 0.1) is 18.2 Å².